The number of aromatic amines is 1. The van der Waals surface area contributed by atoms with Gasteiger partial charge in [-0.2, -0.15) is 10.1 Å². The van der Waals surface area contributed by atoms with Crippen LogP contribution in [0.2, 0.25) is 0 Å². The number of rotatable bonds is 4. The molecule has 0 bridgehead atoms. The number of ether oxygens (including phenoxy) is 1. The first-order valence-electron chi connectivity index (χ1n) is 9.87. The van der Waals surface area contributed by atoms with Gasteiger partial charge < -0.3 is 10.1 Å². The largest absolute Gasteiger partial charge is 0.381 e. The minimum atomic E-state index is -0.0781. The number of aryl methyl sites for hydroxylation is 2. The van der Waals surface area contributed by atoms with Crippen LogP contribution in [0, 0.1) is 6.92 Å². The molecule has 5 heterocycles. The fraction of sp³-hybridized carbons (Fsp3) is 0.350. The van der Waals surface area contributed by atoms with Crippen molar-refractivity contribution in [1.82, 2.24) is 34.3 Å². The molecule has 154 valence electrons. The molecule has 4 aromatic heterocycles. The monoisotopic (exact) mass is 406 g/mol. The molecule has 1 saturated heterocycles. The quantitative estimate of drug-likeness (QED) is 0.534. The van der Waals surface area contributed by atoms with Crippen LogP contribution in [0.25, 0.3) is 22.4 Å². The molecule has 0 aliphatic carbocycles. The predicted octanol–water partition coefficient (Wildman–Crippen LogP) is 2.32. The Kier molecular flexibility index (Phi) is 4.55. The number of hydrogen-bond acceptors (Lipinski definition) is 7. The Labute approximate surface area is 172 Å². The van der Waals surface area contributed by atoms with Crippen molar-refractivity contribution < 1.29 is 4.74 Å². The van der Waals surface area contributed by atoms with Crippen LogP contribution in [-0.2, 0) is 11.8 Å². The summed E-state index contributed by atoms with van der Waals surface area (Å²) < 4.78 is 8.83. The Morgan fingerprint density at radius 1 is 1.20 bits per heavy atom. The highest BCUT2D eigenvalue weighted by Crippen LogP contribution is 2.25. The summed E-state index contributed by atoms with van der Waals surface area (Å²) in [6.07, 6.45) is 6.81. The van der Waals surface area contributed by atoms with Crippen molar-refractivity contribution >= 4 is 22.8 Å². The molecule has 0 saturated carbocycles. The molecular formula is C20H22N8O2. The fourth-order valence-electron chi connectivity index (χ4n) is 3.83. The van der Waals surface area contributed by atoms with Crippen LogP contribution in [0.1, 0.15) is 24.6 Å². The van der Waals surface area contributed by atoms with Crippen LogP contribution in [0.15, 0.2) is 35.5 Å². The van der Waals surface area contributed by atoms with E-state index in [4.69, 9.17) is 4.74 Å². The molecule has 0 amide bonds. The number of anilines is 2. The minimum Gasteiger partial charge on any atom is -0.381 e. The second-order valence-electron chi connectivity index (χ2n) is 7.40. The lowest BCUT2D eigenvalue weighted by Crippen LogP contribution is -2.30. The first kappa shape index (κ1) is 18.5. The van der Waals surface area contributed by atoms with E-state index in [0.717, 1.165) is 35.5 Å². The van der Waals surface area contributed by atoms with Gasteiger partial charge in [0, 0.05) is 38.1 Å². The zero-order valence-corrected chi connectivity index (χ0v) is 16.8. The normalized spacial score (nSPS) is 15.0. The fourth-order valence-corrected chi connectivity index (χ4v) is 3.83. The van der Waals surface area contributed by atoms with E-state index >= 15 is 0 Å². The smallest absolute Gasteiger partial charge is 0.330 e. The number of nitrogens with one attached hydrogen (secondary N) is 2. The molecule has 5 rings (SSSR count). The molecule has 0 spiro atoms. The third-order valence-corrected chi connectivity index (χ3v) is 5.51. The van der Waals surface area contributed by atoms with Crippen molar-refractivity contribution in [3.8, 4) is 11.3 Å². The number of nitrogens with zero attached hydrogens (tertiary/aromatic N) is 6. The lowest BCUT2D eigenvalue weighted by molar-refractivity contribution is 0.0695. The molecule has 10 heteroatoms. The highest BCUT2D eigenvalue weighted by atomic mass is 16.5. The minimum absolute atomic E-state index is 0.0781. The molecule has 0 atom stereocenters. The maximum Gasteiger partial charge on any atom is 0.330 e. The van der Waals surface area contributed by atoms with Gasteiger partial charge in [0.05, 0.1) is 29.5 Å². The second kappa shape index (κ2) is 7.38. The van der Waals surface area contributed by atoms with E-state index < -0.39 is 0 Å². The molecule has 1 fully saturated rings. The lowest BCUT2D eigenvalue weighted by Gasteiger charge is -2.22. The summed E-state index contributed by atoms with van der Waals surface area (Å²) in [6.45, 7) is 3.22. The van der Waals surface area contributed by atoms with Crippen LogP contribution < -0.4 is 11.0 Å². The molecule has 0 aromatic carbocycles. The van der Waals surface area contributed by atoms with Crippen LogP contribution in [0.3, 0.4) is 0 Å². The maximum atomic E-state index is 12.8. The van der Waals surface area contributed by atoms with Gasteiger partial charge in [-0.25, -0.2) is 9.78 Å². The van der Waals surface area contributed by atoms with Gasteiger partial charge in [-0.3, -0.25) is 19.2 Å². The van der Waals surface area contributed by atoms with Gasteiger partial charge in [0.2, 0.25) is 5.95 Å². The number of hydrogen-bond donors (Lipinski definition) is 2. The summed E-state index contributed by atoms with van der Waals surface area (Å²) >= 11 is 0. The Bertz CT molecular complexity index is 1250. The topological polar surface area (TPSA) is 116 Å². The zero-order valence-electron chi connectivity index (χ0n) is 16.8. The first-order valence-corrected chi connectivity index (χ1v) is 9.87. The van der Waals surface area contributed by atoms with Gasteiger partial charge in [-0.15, -0.1) is 0 Å². The number of H-pyrrole nitrogens is 1. The summed E-state index contributed by atoms with van der Waals surface area (Å²) in [5.74, 6) is 0.426. The summed E-state index contributed by atoms with van der Waals surface area (Å²) in [6, 6.07) is 3.93. The Morgan fingerprint density at radius 2 is 2.03 bits per heavy atom. The van der Waals surface area contributed by atoms with Crippen LogP contribution in [0.5, 0.6) is 0 Å². The molecule has 10 nitrogen and oxygen atoms in total. The summed E-state index contributed by atoms with van der Waals surface area (Å²) in [5, 5.41) is 10.00. The van der Waals surface area contributed by atoms with Crippen molar-refractivity contribution in [3.05, 3.63) is 46.9 Å². The summed E-state index contributed by atoms with van der Waals surface area (Å²) in [4.78, 5) is 26.6. The highest BCUT2D eigenvalue weighted by Gasteiger charge is 2.23. The third-order valence-electron chi connectivity index (χ3n) is 5.51. The number of imidazole rings is 1. The number of fused-ring (bicyclic) bond motifs is 1. The highest BCUT2D eigenvalue weighted by molar-refractivity contribution is 5.73. The van der Waals surface area contributed by atoms with E-state index in [1.165, 1.54) is 0 Å². The average Bonchev–Trinajstić information content (AvgIpc) is 3.38. The Hall–Kier alpha value is -3.53. The summed E-state index contributed by atoms with van der Waals surface area (Å²) in [7, 11) is 1.75. The van der Waals surface area contributed by atoms with Crippen molar-refractivity contribution in [3.63, 3.8) is 0 Å². The van der Waals surface area contributed by atoms with Gasteiger partial charge >= 0.3 is 5.69 Å². The van der Waals surface area contributed by atoms with Gasteiger partial charge in [0.25, 0.3) is 0 Å². The van der Waals surface area contributed by atoms with E-state index in [1.54, 1.807) is 34.8 Å². The van der Waals surface area contributed by atoms with E-state index in [1.807, 2.05) is 19.1 Å². The van der Waals surface area contributed by atoms with E-state index in [2.05, 4.69) is 30.5 Å². The molecule has 30 heavy (non-hydrogen) atoms. The lowest BCUT2D eigenvalue weighted by atomic mass is 10.1. The third kappa shape index (κ3) is 3.14. The van der Waals surface area contributed by atoms with Crippen molar-refractivity contribution in [2.45, 2.75) is 25.8 Å². The zero-order chi connectivity index (χ0) is 20.7. The number of pyridine rings is 1. The molecule has 4 aromatic rings. The second-order valence-corrected chi connectivity index (χ2v) is 7.40. The van der Waals surface area contributed by atoms with Crippen molar-refractivity contribution in [2.75, 3.05) is 18.5 Å². The predicted molar refractivity (Wildman–Crippen MR) is 112 cm³/mol. The summed E-state index contributed by atoms with van der Waals surface area (Å²) in [5.41, 5.74) is 4.64. The molecule has 1 aliphatic heterocycles. The molecule has 1 aliphatic rings. The SMILES string of the molecule is Cc1nc(-c2cn[nH]c2)ccc1Nc1ncc2c(n1)n(C1CCOCC1)c(=O)n2C. The Morgan fingerprint density at radius 3 is 2.77 bits per heavy atom. The number of aromatic nitrogens is 7. The van der Waals surface area contributed by atoms with Crippen LogP contribution in [-0.4, -0.2) is 47.5 Å². The van der Waals surface area contributed by atoms with Gasteiger partial charge in [-0.1, -0.05) is 0 Å². The molecule has 2 N–H and O–H groups in total. The van der Waals surface area contributed by atoms with Crippen LogP contribution in [0.4, 0.5) is 11.6 Å². The van der Waals surface area contributed by atoms with E-state index in [0.29, 0.717) is 30.3 Å². The van der Waals surface area contributed by atoms with E-state index in [9.17, 15) is 4.79 Å². The van der Waals surface area contributed by atoms with Gasteiger partial charge in [0.15, 0.2) is 5.65 Å². The average molecular weight is 406 g/mol. The standard InChI is InChI=1S/C20H22N8O2/c1-12-15(3-4-16(24-12)13-9-22-23-10-13)25-19-21-11-17-18(26-19)28(20(29)27(17)2)14-5-7-30-8-6-14/h3-4,9-11,14H,5-8H2,1-2H3,(H,22,23)(H,21,25,26). The van der Waals surface area contributed by atoms with Crippen molar-refractivity contribution in [2.24, 2.45) is 7.05 Å². The molecule has 0 radical (unpaired) electrons. The van der Waals surface area contributed by atoms with E-state index in [-0.39, 0.29) is 11.7 Å². The Balaban J connectivity index is 1.50. The van der Waals surface area contributed by atoms with Gasteiger partial charge in [-0.05, 0) is 31.9 Å². The van der Waals surface area contributed by atoms with Crippen molar-refractivity contribution in [1.29, 1.82) is 0 Å². The molecular weight excluding hydrogens is 384 g/mol. The van der Waals surface area contributed by atoms with Crippen LogP contribution >= 0.6 is 0 Å². The first-order chi connectivity index (χ1) is 14.6. The maximum absolute atomic E-state index is 12.8. The molecule has 0 unspecified atom stereocenters. The van der Waals surface area contributed by atoms with Gasteiger partial charge in [0.1, 0.15) is 5.52 Å².